The van der Waals surface area contributed by atoms with Crippen molar-refractivity contribution in [2.45, 2.75) is 65.5 Å². The zero-order valence-electron chi connectivity index (χ0n) is 27.2. The monoisotopic (exact) mass is 655 g/mol. The van der Waals surface area contributed by atoms with Gasteiger partial charge in [0.2, 0.25) is 11.9 Å². The van der Waals surface area contributed by atoms with Gasteiger partial charge in [0.1, 0.15) is 23.4 Å². The van der Waals surface area contributed by atoms with E-state index in [9.17, 15) is 14.4 Å². The highest BCUT2D eigenvalue weighted by molar-refractivity contribution is 5.85. The van der Waals surface area contributed by atoms with Gasteiger partial charge in [-0.1, -0.05) is 12.1 Å². The minimum absolute atomic E-state index is 0.124. The Hall–Kier alpha value is -5.51. The number of imidazole rings is 2. The second-order valence-electron chi connectivity index (χ2n) is 11.7. The molecule has 0 spiro atoms. The van der Waals surface area contributed by atoms with Crippen molar-refractivity contribution in [3.8, 4) is 11.6 Å². The Morgan fingerprint density at radius 2 is 1.85 bits per heavy atom. The summed E-state index contributed by atoms with van der Waals surface area (Å²) < 4.78 is 18.5. The molecule has 0 bridgehead atoms. The molecule has 7 rings (SSSR count). The number of carbonyl (C=O) groups excluding carboxylic acids is 1. The molecule has 0 radical (unpaired) electrons. The van der Waals surface area contributed by atoms with Gasteiger partial charge in [0.05, 0.1) is 6.33 Å². The summed E-state index contributed by atoms with van der Waals surface area (Å²) in [6.45, 7) is 7.20. The third-order valence-corrected chi connectivity index (χ3v) is 8.78. The number of hydrogen-bond acceptors (Lipinski definition) is 11. The van der Waals surface area contributed by atoms with Crippen molar-refractivity contribution in [2.75, 3.05) is 24.1 Å². The van der Waals surface area contributed by atoms with Crippen LogP contribution in [0.4, 0.5) is 11.8 Å². The van der Waals surface area contributed by atoms with E-state index in [-0.39, 0.29) is 35.7 Å². The standard InChI is InChI=1S/C32H37N11O5/c1-5-34-29(44)19-10-11-22(48-19)43-16-36-23-25(33)37-31(39-27(23)43)35-13-12-17-8-9-18-15-21(47-20(18)14-17)26-38-28-24(40(26)4)30(45)42(7-3)32(46)41(28)6-2/h8-9,14-16,19,22H,5-7,10-13H2,1-4H3,(H,34,44)(H3,33,35,37,39)/t19-,22+/m0/s1. The van der Waals surface area contributed by atoms with E-state index in [0.717, 1.165) is 10.9 Å². The smallest absolute Gasteiger partial charge is 0.332 e. The first kappa shape index (κ1) is 31.1. The quantitative estimate of drug-likeness (QED) is 0.196. The molecule has 48 heavy (non-hydrogen) atoms. The van der Waals surface area contributed by atoms with Crippen LogP contribution in [0.3, 0.4) is 0 Å². The second kappa shape index (κ2) is 12.3. The van der Waals surface area contributed by atoms with Crippen molar-refractivity contribution in [2.24, 2.45) is 7.05 Å². The lowest BCUT2D eigenvalue weighted by atomic mass is 10.1. The number of amides is 1. The van der Waals surface area contributed by atoms with Crippen LogP contribution in [-0.4, -0.2) is 63.3 Å². The highest BCUT2D eigenvalue weighted by Gasteiger charge is 2.32. The predicted octanol–water partition coefficient (Wildman–Crippen LogP) is 2.54. The molecule has 5 aromatic heterocycles. The lowest BCUT2D eigenvalue weighted by Crippen LogP contribution is -2.39. The van der Waals surface area contributed by atoms with Gasteiger partial charge in [-0.3, -0.25) is 23.3 Å². The van der Waals surface area contributed by atoms with Gasteiger partial charge in [-0.05, 0) is 57.7 Å². The van der Waals surface area contributed by atoms with Crippen LogP contribution in [0.5, 0.6) is 0 Å². The van der Waals surface area contributed by atoms with Crippen LogP contribution in [0.15, 0.2) is 44.6 Å². The normalized spacial score (nSPS) is 16.4. The average Bonchev–Trinajstić information content (AvgIpc) is 3.86. The minimum Gasteiger partial charge on any atom is -0.453 e. The lowest BCUT2D eigenvalue weighted by Gasteiger charge is -2.15. The molecule has 1 amide bonds. The molecule has 6 heterocycles. The van der Waals surface area contributed by atoms with Gasteiger partial charge in [0.25, 0.3) is 5.56 Å². The number of carbonyl (C=O) groups is 1. The van der Waals surface area contributed by atoms with Crippen molar-refractivity contribution in [3.63, 3.8) is 0 Å². The number of nitrogens with zero attached hydrogens (tertiary/aromatic N) is 8. The van der Waals surface area contributed by atoms with Crippen LogP contribution in [0.1, 0.15) is 45.4 Å². The number of nitrogen functional groups attached to an aromatic ring is 1. The first-order valence-corrected chi connectivity index (χ1v) is 16.1. The fourth-order valence-electron chi connectivity index (χ4n) is 6.34. The lowest BCUT2D eigenvalue weighted by molar-refractivity contribution is -0.133. The van der Waals surface area contributed by atoms with E-state index in [1.54, 1.807) is 29.4 Å². The van der Waals surface area contributed by atoms with Crippen LogP contribution >= 0.6 is 0 Å². The SMILES string of the molecule is CCNC(=O)[C@@H]1CC[C@H](n2cnc3c(N)nc(NCCc4ccc5cc(-c6nc7c(c(=O)n(CC)c(=O)n7CC)n6C)oc5c4)nc32)O1. The summed E-state index contributed by atoms with van der Waals surface area (Å²) in [7, 11) is 1.75. The minimum atomic E-state index is -0.520. The maximum Gasteiger partial charge on any atom is 0.332 e. The van der Waals surface area contributed by atoms with Crippen molar-refractivity contribution >= 4 is 51.0 Å². The molecule has 1 aliphatic heterocycles. The molecule has 1 saturated heterocycles. The Labute approximate surface area is 273 Å². The number of nitrogens with two attached hydrogens (primary N) is 1. The molecule has 0 unspecified atom stereocenters. The maximum atomic E-state index is 13.1. The van der Waals surface area contributed by atoms with E-state index >= 15 is 0 Å². The summed E-state index contributed by atoms with van der Waals surface area (Å²) >= 11 is 0. The topological polar surface area (TPSA) is 195 Å². The molecular formula is C32H37N11O5. The van der Waals surface area contributed by atoms with Crippen LogP contribution in [0.2, 0.25) is 0 Å². The molecule has 1 fully saturated rings. The largest absolute Gasteiger partial charge is 0.453 e. The van der Waals surface area contributed by atoms with Crippen LogP contribution in [0, 0.1) is 0 Å². The van der Waals surface area contributed by atoms with Crippen molar-refractivity contribution in [1.82, 2.24) is 43.5 Å². The summed E-state index contributed by atoms with van der Waals surface area (Å²) in [6.07, 6.45) is 2.60. The van der Waals surface area contributed by atoms with E-state index in [0.29, 0.717) is 84.3 Å². The Kier molecular flexibility index (Phi) is 7.94. The van der Waals surface area contributed by atoms with E-state index < -0.39 is 6.10 Å². The Morgan fingerprint density at radius 3 is 2.62 bits per heavy atom. The number of furan rings is 1. The van der Waals surface area contributed by atoms with Crippen LogP contribution in [0.25, 0.3) is 44.9 Å². The molecule has 250 valence electrons. The van der Waals surface area contributed by atoms with Crippen molar-refractivity contribution < 1.29 is 13.9 Å². The molecule has 16 heteroatoms. The summed E-state index contributed by atoms with van der Waals surface area (Å²) in [4.78, 5) is 56.4. The molecular weight excluding hydrogens is 618 g/mol. The van der Waals surface area contributed by atoms with Gasteiger partial charge in [-0.15, -0.1) is 0 Å². The number of likely N-dealkylation sites (N-methyl/N-ethyl adjacent to an activating group) is 1. The first-order valence-electron chi connectivity index (χ1n) is 16.1. The van der Waals surface area contributed by atoms with Gasteiger partial charge >= 0.3 is 5.69 Å². The van der Waals surface area contributed by atoms with Gasteiger partial charge in [-0.25, -0.2) is 14.8 Å². The van der Waals surface area contributed by atoms with E-state index in [4.69, 9.17) is 14.9 Å². The van der Waals surface area contributed by atoms with Crippen molar-refractivity contribution in [1.29, 1.82) is 0 Å². The number of fused-ring (bicyclic) bond motifs is 3. The summed E-state index contributed by atoms with van der Waals surface area (Å²) in [5.74, 6) is 1.44. The summed E-state index contributed by atoms with van der Waals surface area (Å²) in [5, 5.41) is 6.94. The number of anilines is 2. The third kappa shape index (κ3) is 5.17. The number of ether oxygens (including phenoxy) is 1. The Bertz CT molecular complexity index is 2310. The number of nitrogens with one attached hydrogen (secondary N) is 2. The molecule has 0 aliphatic carbocycles. The third-order valence-electron chi connectivity index (χ3n) is 8.78. The summed E-state index contributed by atoms with van der Waals surface area (Å²) in [5.41, 5.74) is 8.86. The fraction of sp³-hybridized carbons (Fsp3) is 0.406. The number of benzene rings is 1. The molecule has 2 atom stereocenters. The second-order valence-corrected chi connectivity index (χ2v) is 11.7. The van der Waals surface area contributed by atoms with Crippen LogP contribution in [-0.2, 0) is 36.1 Å². The highest BCUT2D eigenvalue weighted by Crippen LogP contribution is 2.32. The maximum absolute atomic E-state index is 13.1. The Morgan fingerprint density at radius 1 is 1.04 bits per heavy atom. The molecule has 1 aliphatic rings. The number of rotatable bonds is 10. The van der Waals surface area contributed by atoms with Gasteiger partial charge < -0.3 is 30.1 Å². The van der Waals surface area contributed by atoms with Gasteiger partial charge in [-0.2, -0.15) is 9.97 Å². The number of aromatic nitrogens is 8. The van der Waals surface area contributed by atoms with Crippen molar-refractivity contribution in [3.05, 3.63) is 57.0 Å². The molecule has 4 N–H and O–H groups in total. The Balaban J connectivity index is 1.09. The molecule has 0 saturated carbocycles. The van der Waals surface area contributed by atoms with E-state index in [1.165, 1.54) is 9.13 Å². The van der Waals surface area contributed by atoms with E-state index in [2.05, 4.69) is 30.6 Å². The average molecular weight is 656 g/mol. The molecule has 6 aromatic rings. The fourth-order valence-corrected chi connectivity index (χ4v) is 6.34. The first-order chi connectivity index (χ1) is 23.2. The zero-order chi connectivity index (χ0) is 33.7. The summed E-state index contributed by atoms with van der Waals surface area (Å²) in [6, 6.07) is 7.84. The number of aryl methyl sites for hydroxylation is 2. The number of hydrogen-bond donors (Lipinski definition) is 3. The predicted molar refractivity (Wildman–Crippen MR) is 180 cm³/mol. The van der Waals surface area contributed by atoms with Gasteiger partial charge in [0, 0.05) is 38.6 Å². The van der Waals surface area contributed by atoms with E-state index in [1.807, 2.05) is 38.1 Å². The molecule has 16 nitrogen and oxygen atoms in total. The molecule has 1 aromatic carbocycles. The highest BCUT2D eigenvalue weighted by atomic mass is 16.5. The van der Waals surface area contributed by atoms with Gasteiger partial charge in [0.15, 0.2) is 34.2 Å². The zero-order valence-corrected chi connectivity index (χ0v) is 27.2. The van der Waals surface area contributed by atoms with Crippen LogP contribution < -0.4 is 27.6 Å².